The lowest BCUT2D eigenvalue weighted by Gasteiger charge is -2.31. The van der Waals surface area contributed by atoms with Gasteiger partial charge in [-0.1, -0.05) is 24.2 Å². The molecule has 8 nitrogen and oxygen atoms in total. The van der Waals surface area contributed by atoms with Crippen LogP contribution in [0.15, 0.2) is 35.4 Å². The van der Waals surface area contributed by atoms with Gasteiger partial charge in [-0.05, 0) is 54.5 Å². The number of benzene rings is 2. The summed E-state index contributed by atoms with van der Waals surface area (Å²) < 4.78 is 5.96. The Morgan fingerprint density at radius 3 is 2.63 bits per heavy atom. The fourth-order valence-electron chi connectivity index (χ4n) is 4.28. The molecule has 2 aliphatic carbocycles. The summed E-state index contributed by atoms with van der Waals surface area (Å²) in [4.78, 5) is 28.6. The van der Waals surface area contributed by atoms with Crippen LogP contribution in [0.2, 0.25) is 0 Å². The van der Waals surface area contributed by atoms with Crippen LogP contribution in [0, 0.1) is 5.92 Å². The number of nitrogens with zero attached hydrogens (tertiary/aromatic N) is 3. The number of carbonyl (C=O) groups is 2. The molecule has 2 aliphatic rings. The molecule has 2 aromatic carbocycles. The molecule has 0 saturated heterocycles. The first-order valence-electron chi connectivity index (χ1n) is 9.83. The van der Waals surface area contributed by atoms with Gasteiger partial charge in [0.2, 0.25) is 5.78 Å². The van der Waals surface area contributed by atoms with Gasteiger partial charge in [-0.3, -0.25) is 9.59 Å². The number of phenolic OH excluding ortho intramolecular Hbond substituents is 2. The van der Waals surface area contributed by atoms with Crippen molar-refractivity contribution in [1.82, 2.24) is 0 Å². The minimum absolute atomic E-state index is 0.0882. The Morgan fingerprint density at radius 1 is 1.10 bits per heavy atom. The summed E-state index contributed by atoms with van der Waals surface area (Å²) in [5, 5.41) is 24.3. The number of azide groups is 1. The van der Waals surface area contributed by atoms with E-state index in [0.29, 0.717) is 17.9 Å². The predicted molar refractivity (Wildman–Crippen MR) is 108 cm³/mol. The van der Waals surface area contributed by atoms with E-state index in [9.17, 15) is 19.8 Å². The molecular weight excluding hydrogens is 386 g/mol. The molecule has 3 atom stereocenters. The van der Waals surface area contributed by atoms with Crippen molar-refractivity contribution in [2.45, 2.75) is 44.9 Å². The second-order valence-electron chi connectivity index (χ2n) is 7.89. The van der Waals surface area contributed by atoms with Gasteiger partial charge in [-0.2, -0.15) is 0 Å². The van der Waals surface area contributed by atoms with E-state index >= 15 is 0 Å². The van der Waals surface area contributed by atoms with E-state index in [1.54, 1.807) is 6.07 Å². The molecule has 0 heterocycles. The topological polar surface area (TPSA) is 133 Å². The number of ketones is 2. The van der Waals surface area contributed by atoms with Crippen LogP contribution in [0.3, 0.4) is 0 Å². The standard InChI is InChI=1S/C22H21N3O5/c1-11-5-6-13(9-16(11)24-25-23)30-10-12-7-15-20(18(27)8-12)22(29)19-14(21(15)28)3-2-4-17(19)26/h2-4,7-8,11,13,16,26-27H,5-6,9-10H2,1H3/t11-,13+,16+/m0/s1. The SMILES string of the molecule is C[C@H]1CC[C@@H](OCc2cc(O)c3c(c2)C(=O)c2cccc(O)c2C3=O)C[C@H]1N=[N+]=[N-]. The third-order valence-electron chi connectivity index (χ3n) is 5.95. The van der Waals surface area contributed by atoms with Crippen LogP contribution in [-0.2, 0) is 11.3 Å². The molecule has 1 fully saturated rings. The number of fused-ring (bicyclic) bond motifs is 2. The predicted octanol–water partition coefficient (Wildman–Crippen LogP) is 4.26. The number of hydrogen-bond acceptors (Lipinski definition) is 6. The Labute approximate surface area is 172 Å². The largest absolute Gasteiger partial charge is 0.507 e. The molecule has 30 heavy (non-hydrogen) atoms. The number of ether oxygens (including phenoxy) is 1. The Balaban J connectivity index is 1.57. The van der Waals surface area contributed by atoms with Gasteiger partial charge in [-0.25, -0.2) is 0 Å². The zero-order chi connectivity index (χ0) is 21.4. The van der Waals surface area contributed by atoms with E-state index in [1.165, 1.54) is 24.3 Å². The summed E-state index contributed by atoms with van der Waals surface area (Å²) >= 11 is 0. The van der Waals surface area contributed by atoms with Crippen LogP contribution in [0.25, 0.3) is 10.4 Å². The van der Waals surface area contributed by atoms with E-state index in [1.807, 2.05) is 0 Å². The Bertz CT molecular complexity index is 1090. The second kappa shape index (κ2) is 7.82. The van der Waals surface area contributed by atoms with Crippen molar-refractivity contribution in [2.75, 3.05) is 0 Å². The minimum atomic E-state index is -0.582. The Morgan fingerprint density at radius 2 is 1.87 bits per heavy atom. The molecule has 0 unspecified atom stereocenters. The van der Waals surface area contributed by atoms with E-state index in [2.05, 4.69) is 16.9 Å². The zero-order valence-corrected chi connectivity index (χ0v) is 16.4. The van der Waals surface area contributed by atoms with Crippen LogP contribution in [0.4, 0.5) is 0 Å². The molecule has 1 saturated carbocycles. The monoisotopic (exact) mass is 407 g/mol. The van der Waals surface area contributed by atoms with Gasteiger partial charge in [0.05, 0.1) is 23.8 Å². The van der Waals surface area contributed by atoms with E-state index in [0.717, 1.165) is 12.8 Å². The maximum absolute atomic E-state index is 12.9. The van der Waals surface area contributed by atoms with Gasteiger partial charge in [0.15, 0.2) is 5.78 Å². The second-order valence-corrected chi connectivity index (χ2v) is 7.89. The van der Waals surface area contributed by atoms with Crippen molar-refractivity contribution in [3.8, 4) is 11.5 Å². The highest BCUT2D eigenvalue weighted by Gasteiger charge is 2.34. The summed E-state index contributed by atoms with van der Waals surface area (Å²) in [6, 6.07) is 7.17. The molecule has 0 radical (unpaired) electrons. The van der Waals surface area contributed by atoms with Gasteiger partial charge >= 0.3 is 0 Å². The van der Waals surface area contributed by atoms with Crippen LogP contribution in [-0.4, -0.2) is 33.9 Å². The summed E-state index contributed by atoms with van der Waals surface area (Å²) in [5.41, 5.74) is 9.31. The summed E-state index contributed by atoms with van der Waals surface area (Å²) in [6.45, 7) is 2.20. The number of rotatable bonds is 4. The molecule has 154 valence electrons. The van der Waals surface area contributed by atoms with Crippen LogP contribution >= 0.6 is 0 Å². The van der Waals surface area contributed by atoms with E-state index in [-0.39, 0.29) is 52.5 Å². The Kier molecular flexibility index (Phi) is 5.20. The third kappa shape index (κ3) is 3.40. The van der Waals surface area contributed by atoms with Crippen molar-refractivity contribution in [1.29, 1.82) is 0 Å². The van der Waals surface area contributed by atoms with Gasteiger partial charge < -0.3 is 14.9 Å². The average Bonchev–Trinajstić information content (AvgIpc) is 2.72. The number of phenols is 2. The van der Waals surface area contributed by atoms with Crippen molar-refractivity contribution in [3.05, 3.63) is 68.6 Å². The lowest BCUT2D eigenvalue weighted by atomic mass is 9.82. The van der Waals surface area contributed by atoms with Crippen molar-refractivity contribution in [3.63, 3.8) is 0 Å². The highest BCUT2D eigenvalue weighted by atomic mass is 16.5. The molecule has 8 heteroatoms. The first-order chi connectivity index (χ1) is 14.4. The highest BCUT2D eigenvalue weighted by Crippen LogP contribution is 2.37. The molecule has 0 amide bonds. The van der Waals surface area contributed by atoms with Gasteiger partial charge in [-0.15, -0.1) is 0 Å². The first kappa shape index (κ1) is 19.9. The fraction of sp³-hybridized carbons (Fsp3) is 0.364. The molecule has 2 N–H and O–H groups in total. The van der Waals surface area contributed by atoms with E-state index in [4.69, 9.17) is 10.3 Å². The summed E-state index contributed by atoms with van der Waals surface area (Å²) in [7, 11) is 0. The normalized spacial score (nSPS) is 22.8. The van der Waals surface area contributed by atoms with Crippen molar-refractivity contribution in [2.24, 2.45) is 11.0 Å². The van der Waals surface area contributed by atoms with Crippen molar-refractivity contribution < 1.29 is 24.5 Å². The lowest BCUT2D eigenvalue weighted by molar-refractivity contribution is 0.00270. The number of carbonyl (C=O) groups excluding carboxylic acids is 2. The van der Waals surface area contributed by atoms with Crippen LogP contribution < -0.4 is 0 Å². The fourth-order valence-corrected chi connectivity index (χ4v) is 4.28. The maximum atomic E-state index is 12.9. The quantitative estimate of drug-likeness (QED) is 0.379. The molecule has 0 spiro atoms. The van der Waals surface area contributed by atoms with Crippen LogP contribution in [0.5, 0.6) is 11.5 Å². The molecule has 0 aromatic heterocycles. The van der Waals surface area contributed by atoms with Crippen molar-refractivity contribution >= 4 is 11.6 Å². The van der Waals surface area contributed by atoms with Gasteiger partial charge in [0.25, 0.3) is 0 Å². The smallest absolute Gasteiger partial charge is 0.201 e. The summed E-state index contributed by atoms with van der Waals surface area (Å²) in [5.74, 6) is -1.32. The molecular formula is C22H21N3O5. The molecule has 2 aromatic rings. The van der Waals surface area contributed by atoms with E-state index < -0.39 is 11.6 Å². The van der Waals surface area contributed by atoms with Gasteiger partial charge in [0, 0.05) is 22.1 Å². The molecule has 0 aliphatic heterocycles. The highest BCUT2D eigenvalue weighted by molar-refractivity contribution is 6.30. The zero-order valence-electron chi connectivity index (χ0n) is 16.4. The lowest BCUT2D eigenvalue weighted by Crippen LogP contribution is -2.30. The van der Waals surface area contributed by atoms with Crippen LogP contribution in [0.1, 0.15) is 63.6 Å². The Hall–Kier alpha value is -3.35. The number of hydrogen-bond donors (Lipinski definition) is 2. The summed E-state index contributed by atoms with van der Waals surface area (Å²) in [6.07, 6.45) is 2.24. The maximum Gasteiger partial charge on any atom is 0.201 e. The molecule has 4 rings (SSSR count). The first-order valence-corrected chi connectivity index (χ1v) is 9.83. The van der Waals surface area contributed by atoms with Gasteiger partial charge in [0.1, 0.15) is 11.5 Å². The minimum Gasteiger partial charge on any atom is -0.507 e. The number of aromatic hydroxyl groups is 2. The third-order valence-corrected chi connectivity index (χ3v) is 5.95. The average molecular weight is 407 g/mol. The molecule has 0 bridgehead atoms.